The van der Waals surface area contributed by atoms with Gasteiger partial charge in [0.15, 0.2) is 0 Å². The van der Waals surface area contributed by atoms with E-state index in [-0.39, 0.29) is 0 Å². The van der Waals surface area contributed by atoms with Gasteiger partial charge in [0.1, 0.15) is 0 Å². The minimum absolute atomic E-state index is 0.755. The van der Waals surface area contributed by atoms with Crippen LogP contribution in [-0.4, -0.2) is 43.5 Å². The van der Waals surface area contributed by atoms with Gasteiger partial charge < -0.3 is 17.7 Å². The molecule has 6 heteroatoms. The monoisotopic (exact) mass is 444 g/mol. The van der Waals surface area contributed by atoms with Gasteiger partial charge in [0.05, 0.1) is 0 Å². The zero-order valence-electron chi connectivity index (χ0n) is 19.8. The predicted octanol–water partition coefficient (Wildman–Crippen LogP) is 6.98. The van der Waals surface area contributed by atoms with Crippen LogP contribution in [0.25, 0.3) is 0 Å². The Bertz CT molecular complexity index is 348. The summed E-state index contributed by atoms with van der Waals surface area (Å²) >= 11 is 0. The molecule has 0 N–H and O–H groups in total. The molecule has 0 atom stereocenters. The van der Waals surface area contributed by atoms with Crippen LogP contribution >= 0.6 is 0 Å². The van der Waals surface area contributed by atoms with Gasteiger partial charge in [-0.05, 0) is 55.6 Å². The van der Waals surface area contributed by atoms with Gasteiger partial charge >= 0.3 is 17.1 Å². The molecule has 0 saturated heterocycles. The van der Waals surface area contributed by atoms with Crippen LogP contribution in [0, 0.1) is 0 Å². The predicted molar refractivity (Wildman–Crippen MR) is 130 cm³/mol. The molecule has 0 unspecified atom stereocenters. The molecule has 0 heterocycles. The first kappa shape index (κ1) is 28.8. The van der Waals surface area contributed by atoms with Crippen molar-refractivity contribution in [3.63, 3.8) is 0 Å². The Morgan fingerprint density at radius 3 is 1.00 bits per heavy atom. The molecule has 0 aliphatic rings. The molecule has 4 nitrogen and oxygen atoms in total. The topological polar surface area (TPSA) is 36.9 Å². The second-order valence-electron chi connectivity index (χ2n) is 7.69. The van der Waals surface area contributed by atoms with Gasteiger partial charge in [0.25, 0.3) is 0 Å². The highest BCUT2D eigenvalue weighted by Crippen LogP contribution is 2.26. The number of unbranched alkanes of at least 4 members (excludes halogenated alkanes) is 4. The van der Waals surface area contributed by atoms with E-state index in [1.54, 1.807) is 0 Å². The summed E-state index contributed by atoms with van der Waals surface area (Å²) in [4.78, 5) is 0. The third-order valence-electron chi connectivity index (χ3n) is 5.05. The van der Waals surface area contributed by atoms with Crippen molar-refractivity contribution in [1.82, 2.24) is 0 Å². The molecule has 0 saturated carbocycles. The Hall–Kier alpha value is -0.246. The quantitative estimate of drug-likeness (QED) is 0.133. The van der Waals surface area contributed by atoms with Crippen molar-refractivity contribution in [2.75, 3.05) is 26.4 Å². The molecular formula is C23H48O4Si2. The molecule has 0 aliphatic carbocycles. The van der Waals surface area contributed by atoms with Gasteiger partial charge in [0.2, 0.25) is 0 Å². The second-order valence-corrected chi connectivity index (χ2v) is 13.9. The maximum atomic E-state index is 6.32. The van der Waals surface area contributed by atoms with Gasteiger partial charge in [-0.1, -0.05) is 53.4 Å². The lowest BCUT2D eigenvalue weighted by molar-refractivity contribution is 0.168. The number of hydrogen-bond acceptors (Lipinski definition) is 4. The Morgan fingerprint density at radius 2 is 0.793 bits per heavy atom. The van der Waals surface area contributed by atoms with Crippen LogP contribution in [0.1, 0.15) is 85.5 Å². The lowest BCUT2D eigenvalue weighted by Crippen LogP contribution is -2.44. The van der Waals surface area contributed by atoms with Gasteiger partial charge in [-0.2, -0.15) is 0 Å². The molecular weight excluding hydrogens is 396 g/mol. The fourth-order valence-corrected chi connectivity index (χ4v) is 8.23. The van der Waals surface area contributed by atoms with E-state index in [2.05, 4.69) is 40.9 Å². The van der Waals surface area contributed by atoms with Crippen LogP contribution in [0.2, 0.25) is 12.1 Å². The van der Waals surface area contributed by atoms with Crippen molar-refractivity contribution in [3.8, 4) is 0 Å². The average molecular weight is 445 g/mol. The molecule has 0 bridgehead atoms. The molecule has 0 aliphatic heterocycles. The summed E-state index contributed by atoms with van der Waals surface area (Å²) < 4.78 is 25.3. The SMILES string of the molecule is C=C[Si](CCC[Si](C=C)(OCCCC)OCCCC)(OCCCC)OCCCC. The molecule has 0 aromatic heterocycles. The largest absolute Gasteiger partial charge is 0.391 e. The summed E-state index contributed by atoms with van der Waals surface area (Å²) in [7, 11) is -4.78. The summed E-state index contributed by atoms with van der Waals surface area (Å²) in [6.45, 7) is 19.9. The van der Waals surface area contributed by atoms with Crippen molar-refractivity contribution >= 4 is 17.1 Å². The highest BCUT2D eigenvalue weighted by molar-refractivity contribution is 6.74. The molecule has 0 aromatic carbocycles. The Kier molecular flexibility index (Phi) is 18.4. The van der Waals surface area contributed by atoms with E-state index in [1.165, 1.54) is 0 Å². The highest BCUT2D eigenvalue weighted by atomic mass is 28.4. The van der Waals surface area contributed by atoms with Crippen LogP contribution in [-0.2, 0) is 17.7 Å². The van der Waals surface area contributed by atoms with Crippen molar-refractivity contribution < 1.29 is 17.7 Å². The zero-order chi connectivity index (χ0) is 21.8. The maximum absolute atomic E-state index is 6.32. The minimum atomic E-state index is -2.39. The Balaban J connectivity index is 5.00. The molecule has 0 rings (SSSR count). The van der Waals surface area contributed by atoms with E-state index in [9.17, 15) is 0 Å². The lowest BCUT2D eigenvalue weighted by atomic mass is 10.4. The summed E-state index contributed by atoms with van der Waals surface area (Å²) in [6, 6.07) is 1.81. The average Bonchev–Trinajstić information content (AvgIpc) is 2.73. The summed E-state index contributed by atoms with van der Waals surface area (Å²) in [6.07, 6.45) is 9.71. The summed E-state index contributed by atoms with van der Waals surface area (Å²) in [5, 5.41) is 0. The van der Waals surface area contributed by atoms with Gasteiger partial charge in [0, 0.05) is 26.4 Å². The fraction of sp³-hybridized carbons (Fsp3) is 0.826. The molecule has 0 spiro atoms. The standard InChI is InChI=1S/C23H48O4Si2/c1-7-13-18-24-28(11-5,25-19-14-8-2)22-17-23-29(12-6,26-20-15-9-3)27-21-16-10-4/h11-12H,5-10,13-23H2,1-4H3. The summed E-state index contributed by atoms with van der Waals surface area (Å²) in [5.74, 6) is 0. The normalized spacial score (nSPS) is 12.3. The van der Waals surface area contributed by atoms with E-state index in [1.807, 2.05) is 11.4 Å². The third kappa shape index (κ3) is 12.9. The number of rotatable bonds is 22. The first-order valence-corrected chi connectivity index (χ1v) is 16.1. The zero-order valence-corrected chi connectivity index (χ0v) is 21.8. The molecule has 0 fully saturated rings. The van der Waals surface area contributed by atoms with Crippen molar-refractivity contribution in [2.45, 2.75) is 97.6 Å². The van der Waals surface area contributed by atoms with Gasteiger partial charge in [-0.15, -0.1) is 13.2 Å². The van der Waals surface area contributed by atoms with Crippen LogP contribution in [0.5, 0.6) is 0 Å². The van der Waals surface area contributed by atoms with E-state index in [4.69, 9.17) is 17.7 Å². The summed E-state index contributed by atoms with van der Waals surface area (Å²) in [5.41, 5.74) is 3.96. The van der Waals surface area contributed by atoms with Crippen LogP contribution < -0.4 is 0 Å². The van der Waals surface area contributed by atoms with Crippen LogP contribution in [0.15, 0.2) is 24.6 Å². The maximum Gasteiger partial charge on any atom is 0.364 e. The van der Waals surface area contributed by atoms with Crippen molar-refractivity contribution in [3.05, 3.63) is 24.6 Å². The van der Waals surface area contributed by atoms with E-state index >= 15 is 0 Å². The van der Waals surface area contributed by atoms with Gasteiger partial charge in [-0.25, -0.2) is 0 Å². The third-order valence-corrected chi connectivity index (χ3v) is 11.2. The van der Waals surface area contributed by atoms with Gasteiger partial charge in [-0.3, -0.25) is 0 Å². The molecule has 0 amide bonds. The molecule has 0 aromatic rings. The number of hydrogen-bond donors (Lipinski definition) is 0. The van der Waals surface area contributed by atoms with Crippen molar-refractivity contribution in [2.24, 2.45) is 0 Å². The minimum Gasteiger partial charge on any atom is -0.391 e. The fourth-order valence-electron chi connectivity index (χ4n) is 2.95. The lowest BCUT2D eigenvalue weighted by Gasteiger charge is -2.31. The first-order chi connectivity index (χ1) is 14.1. The smallest absolute Gasteiger partial charge is 0.364 e. The van der Waals surface area contributed by atoms with E-state index in [0.717, 1.165) is 96.3 Å². The van der Waals surface area contributed by atoms with E-state index < -0.39 is 17.1 Å². The van der Waals surface area contributed by atoms with E-state index in [0.29, 0.717) is 0 Å². The highest BCUT2D eigenvalue weighted by Gasteiger charge is 2.38. The molecule has 0 radical (unpaired) electrons. The molecule has 29 heavy (non-hydrogen) atoms. The van der Waals surface area contributed by atoms with Crippen LogP contribution in [0.3, 0.4) is 0 Å². The Morgan fingerprint density at radius 1 is 0.517 bits per heavy atom. The Labute approximate surface area is 183 Å². The second kappa shape index (κ2) is 18.5. The molecule has 172 valence electrons. The van der Waals surface area contributed by atoms with Crippen LogP contribution in [0.4, 0.5) is 0 Å². The van der Waals surface area contributed by atoms with Crippen molar-refractivity contribution in [1.29, 1.82) is 0 Å². The first-order valence-electron chi connectivity index (χ1n) is 11.9.